The molecule has 0 aliphatic rings. The van der Waals surface area contributed by atoms with Crippen molar-refractivity contribution in [2.75, 3.05) is 6.61 Å². The van der Waals surface area contributed by atoms with Crippen LogP contribution in [0.15, 0.2) is 0 Å². The highest BCUT2D eigenvalue weighted by Gasteiger charge is 2.28. The highest BCUT2D eigenvalue weighted by Crippen LogP contribution is 2.44. The number of carbonyl (C=O) groups is 1. The van der Waals surface area contributed by atoms with Crippen molar-refractivity contribution in [3.8, 4) is 17.2 Å². The molecule has 0 heterocycles. The number of carboxylic acid groups (broad SMARTS) is 1. The van der Waals surface area contributed by atoms with Crippen LogP contribution in [0.1, 0.15) is 139 Å². The average Bonchev–Trinajstić information content (AvgIpc) is 2.79. The molecule has 0 saturated carbocycles. The first-order valence-corrected chi connectivity index (χ1v) is 13.4. The Bertz CT molecular complexity index is 684. The Kier molecular flexibility index (Phi) is 15.5. The van der Waals surface area contributed by atoms with Crippen LogP contribution in [0.4, 0.5) is 0 Å². The summed E-state index contributed by atoms with van der Waals surface area (Å²) in [4.78, 5) is 12.0. The number of rotatable bonds is 20. The SMILES string of the molecule is CCCCCCCOc1c(CCCCCCC)c(CCCCCCC)c(O)c(O)c1C(=O)O. The van der Waals surface area contributed by atoms with Crippen molar-refractivity contribution in [3.63, 3.8) is 0 Å². The van der Waals surface area contributed by atoms with Gasteiger partial charge in [0.05, 0.1) is 6.61 Å². The first-order valence-electron chi connectivity index (χ1n) is 13.4. The molecule has 0 aliphatic carbocycles. The zero-order chi connectivity index (χ0) is 24.5. The first kappa shape index (κ1) is 29.1. The van der Waals surface area contributed by atoms with Gasteiger partial charge in [-0.3, -0.25) is 0 Å². The van der Waals surface area contributed by atoms with E-state index in [1.165, 1.54) is 38.5 Å². The molecule has 0 unspecified atom stereocenters. The number of unbranched alkanes of at least 4 members (excludes halogenated alkanes) is 12. The predicted molar refractivity (Wildman–Crippen MR) is 136 cm³/mol. The Morgan fingerprint density at radius 1 is 0.636 bits per heavy atom. The third-order valence-electron chi connectivity index (χ3n) is 6.38. The first-order chi connectivity index (χ1) is 16.0. The summed E-state index contributed by atoms with van der Waals surface area (Å²) < 4.78 is 6.06. The van der Waals surface area contributed by atoms with Crippen LogP contribution < -0.4 is 4.74 Å². The van der Waals surface area contributed by atoms with E-state index in [9.17, 15) is 20.1 Å². The van der Waals surface area contributed by atoms with E-state index < -0.39 is 11.7 Å². The van der Waals surface area contributed by atoms with E-state index in [4.69, 9.17) is 4.74 Å². The van der Waals surface area contributed by atoms with E-state index in [1.807, 2.05) is 0 Å². The Morgan fingerprint density at radius 3 is 1.58 bits per heavy atom. The van der Waals surface area contributed by atoms with Gasteiger partial charge in [-0.25, -0.2) is 4.79 Å². The van der Waals surface area contributed by atoms with Gasteiger partial charge in [-0.05, 0) is 32.1 Å². The van der Waals surface area contributed by atoms with Crippen LogP contribution in [-0.2, 0) is 12.8 Å². The van der Waals surface area contributed by atoms with Crippen LogP contribution in [0.25, 0.3) is 0 Å². The van der Waals surface area contributed by atoms with Crippen LogP contribution in [0, 0.1) is 0 Å². The molecule has 0 aromatic heterocycles. The summed E-state index contributed by atoms with van der Waals surface area (Å²) in [5.74, 6) is -1.82. The molecule has 190 valence electrons. The molecule has 0 atom stereocenters. The van der Waals surface area contributed by atoms with Crippen molar-refractivity contribution >= 4 is 5.97 Å². The molecule has 3 N–H and O–H groups in total. The molecule has 0 fully saturated rings. The van der Waals surface area contributed by atoms with Gasteiger partial charge in [-0.1, -0.05) is 97.8 Å². The van der Waals surface area contributed by atoms with Crippen LogP contribution in [-0.4, -0.2) is 27.9 Å². The van der Waals surface area contributed by atoms with E-state index in [1.54, 1.807) is 0 Å². The van der Waals surface area contributed by atoms with Gasteiger partial charge in [0.2, 0.25) is 0 Å². The maximum atomic E-state index is 12.0. The number of aromatic carboxylic acids is 1. The molecule has 0 spiro atoms. The second kappa shape index (κ2) is 17.6. The summed E-state index contributed by atoms with van der Waals surface area (Å²) in [6.07, 6.45) is 17.6. The van der Waals surface area contributed by atoms with Crippen molar-refractivity contribution < 1.29 is 24.9 Å². The van der Waals surface area contributed by atoms with Crippen LogP contribution >= 0.6 is 0 Å². The van der Waals surface area contributed by atoms with Crippen molar-refractivity contribution in [1.29, 1.82) is 0 Å². The fraction of sp³-hybridized carbons (Fsp3) is 0.750. The second-order valence-electron chi connectivity index (χ2n) is 9.25. The van der Waals surface area contributed by atoms with Crippen molar-refractivity contribution in [2.24, 2.45) is 0 Å². The number of hydrogen-bond acceptors (Lipinski definition) is 4. The lowest BCUT2D eigenvalue weighted by Gasteiger charge is -2.21. The van der Waals surface area contributed by atoms with Crippen LogP contribution in [0.2, 0.25) is 0 Å². The Labute approximate surface area is 201 Å². The molecule has 0 saturated heterocycles. The third-order valence-corrected chi connectivity index (χ3v) is 6.38. The summed E-state index contributed by atoms with van der Waals surface area (Å²) in [5.41, 5.74) is 1.16. The maximum Gasteiger partial charge on any atom is 0.343 e. The minimum Gasteiger partial charge on any atom is -0.504 e. The monoisotopic (exact) mass is 464 g/mol. The number of aromatic hydroxyl groups is 2. The molecular formula is C28H48O5. The molecule has 33 heavy (non-hydrogen) atoms. The number of benzene rings is 1. The fourth-order valence-electron chi connectivity index (χ4n) is 4.38. The van der Waals surface area contributed by atoms with Crippen LogP contribution in [0.3, 0.4) is 0 Å². The minimum absolute atomic E-state index is 0.271. The lowest BCUT2D eigenvalue weighted by molar-refractivity contribution is 0.0687. The van der Waals surface area contributed by atoms with E-state index in [0.29, 0.717) is 25.0 Å². The predicted octanol–water partition coefficient (Wildman–Crippen LogP) is 8.17. The number of carboxylic acids is 1. The van der Waals surface area contributed by atoms with Crippen molar-refractivity contribution in [2.45, 2.75) is 130 Å². The molecule has 1 aromatic rings. The third kappa shape index (κ3) is 10.3. The Balaban J connectivity index is 3.15. The summed E-state index contributed by atoms with van der Waals surface area (Å²) in [5, 5.41) is 31.2. The molecule has 1 aromatic carbocycles. The highest BCUT2D eigenvalue weighted by molar-refractivity contribution is 5.96. The topological polar surface area (TPSA) is 87.0 Å². The van der Waals surface area contributed by atoms with E-state index in [2.05, 4.69) is 20.8 Å². The van der Waals surface area contributed by atoms with Gasteiger partial charge < -0.3 is 20.1 Å². The summed E-state index contributed by atoms with van der Waals surface area (Å²) in [6.45, 7) is 6.95. The summed E-state index contributed by atoms with van der Waals surface area (Å²) >= 11 is 0. The largest absolute Gasteiger partial charge is 0.504 e. The second-order valence-corrected chi connectivity index (χ2v) is 9.25. The Hall–Kier alpha value is -1.91. The van der Waals surface area contributed by atoms with E-state index >= 15 is 0 Å². The van der Waals surface area contributed by atoms with Crippen molar-refractivity contribution in [1.82, 2.24) is 0 Å². The number of phenolic OH excluding ortho intramolecular Hbond substituents is 1. The molecular weight excluding hydrogens is 416 g/mol. The molecule has 0 bridgehead atoms. The van der Waals surface area contributed by atoms with Crippen LogP contribution in [0.5, 0.6) is 17.2 Å². The van der Waals surface area contributed by atoms with Gasteiger partial charge in [0.1, 0.15) is 11.3 Å². The Morgan fingerprint density at radius 2 is 1.09 bits per heavy atom. The molecule has 5 heteroatoms. The van der Waals surface area contributed by atoms with Gasteiger partial charge in [0, 0.05) is 11.1 Å². The van der Waals surface area contributed by atoms with Gasteiger partial charge in [-0.2, -0.15) is 0 Å². The van der Waals surface area contributed by atoms with Gasteiger partial charge >= 0.3 is 5.97 Å². The maximum absolute atomic E-state index is 12.0. The highest BCUT2D eigenvalue weighted by atomic mass is 16.5. The lowest BCUT2D eigenvalue weighted by atomic mass is 9.91. The molecule has 5 nitrogen and oxygen atoms in total. The smallest absolute Gasteiger partial charge is 0.343 e. The zero-order valence-electron chi connectivity index (χ0n) is 21.4. The van der Waals surface area contributed by atoms with E-state index in [-0.39, 0.29) is 17.1 Å². The summed E-state index contributed by atoms with van der Waals surface area (Å²) in [7, 11) is 0. The minimum atomic E-state index is -1.26. The number of phenols is 2. The van der Waals surface area contributed by atoms with Gasteiger partial charge in [0.25, 0.3) is 0 Å². The van der Waals surface area contributed by atoms with E-state index in [0.717, 1.165) is 63.4 Å². The summed E-state index contributed by atoms with van der Waals surface area (Å²) in [6, 6.07) is 0. The number of ether oxygens (including phenoxy) is 1. The zero-order valence-corrected chi connectivity index (χ0v) is 21.4. The number of hydrogen-bond donors (Lipinski definition) is 3. The fourth-order valence-corrected chi connectivity index (χ4v) is 4.38. The lowest BCUT2D eigenvalue weighted by Crippen LogP contribution is -2.11. The normalized spacial score (nSPS) is 11.1. The molecule has 0 aliphatic heterocycles. The molecule has 0 radical (unpaired) electrons. The van der Waals surface area contributed by atoms with Gasteiger partial charge in [-0.15, -0.1) is 0 Å². The van der Waals surface area contributed by atoms with Gasteiger partial charge in [0.15, 0.2) is 11.5 Å². The standard InChI is InChI=1S/C28H48O5/c1-4-7-10-13-16-19-22-23(20-17-14-11-8-5-2)27(33-21-18-15-12-9-6-3)24(28(31)32)26(30)25(22)29/h29-30H,4-21H2,1-3H3,(H,31,32). The average molecular weight is 465 g/mol. The van der Waals surface area contributed by atoms with Crippen molar-refractivity contribution in [3.05, 3.63) is 16.7 Å². The quantitative estimate of drug-likeness (QED) is 0.134. The molecule has 0 amide bonds. The molecule has 1 rings (SSSR count).